The van der Waals surface area contributed by atoms with Gasteiger partial charge in [-0.3, -0.25) is 0 Å². The fourth-order valence-electron chi connectivity index (χ4n) is 2.23. The maximum absolute atomic E-state index is 11.3. The Hall–Kier alpha value is -1.55. The third-order valence-corrected chi connectivity index (χ3v) is 3.04. The van der Waals surface area contributed by atoms with Crippen molar-refractivity contribution in [1.82, 2.24) is 0 Å². The summed E-state index contributed by atoms with van der Waals surface area (Å²) in [7, 11) is 1.65. The molecule has 1 aromatic rings. The summed E-state index contributed by atoms with van der Waals surface area (Å²) in [5, 5.41) is 9.29. The van der Waals surface area contributed by atoms with Gasteiger partial charge in [0, 0.05) is 19.7 Å². The topological polar surface area (TPSA) is 49.8 Å². The van der Waals surface area contributed by atoms with Crippen LogP contribution in [0.5, 0.6) is 0 Å². The number of para-hydroxylation sites is 1. The molecule has 0 radical (unpaired) electrons. The highest BCUT2D eigenvalue weighted by Gasteiger charge is 2.20. The van der Waals surface area contributed by atoms with Crippen LogP contribution in [0.4, 0.5) is 5.69 Å². The van der Waals surface area contributed by atoms with E-state index in [1.807, 2.05) is 26.8 Å². The quantitative estimate of drug-likeness (QED) is 0.844. The first kappa shape index (κ1) is 14.5. The van der Waals surface area contributed by atoms with E-state index in [0.29, 0.717) is 12.2 Å². The first-order chi connectivity index (χ1) is 8.52. The van der Waals surface area contributed by atoms with Gasteiger partial charge >= 0.3 is 5.97 Å². The Labute approximate surface area is 108 Å². The van der Waals surface area contributed by atoms with E-state index in [2.05, 4.69) is 4.90 Å². The first-order valence-corrected chi connectivity index (χ1v) is 6.11. The van der Waals surface area contributed by atoms with E-state index in [0.717, 1.165) is 17.8 Å². The van der Waals surface area contributed by atoms with Crippen LogP contribution in [0.1, 0.15) is 29.8 Å². The number of carbonyl (C=O) groups is 1. The number of benzene rings is 1. The maximum atomic E-state index is 11.3. The minimum atomic E-state index is -0.892. The van der Waals surface area contributed by atoms with Gasteiger partial charge in [0.05, 0.1) is 17.9 Å². The van der Waals surface area contributed by atoms with Crippen molar-refractivity contribution in [2.24, 2.45) is 0 Å². The lowest BCUT2D eigenvalue weighted by atomic mass is 10.1. The van der Waals surface area contributed by atoms with Crippen molar-refractivity contribution in [2.45, 2.75) is 26.8 Å². The molecule has 0 aliphatic heterocycles. The molecule has 0 aliphatic rings. The number of hydrogen-bond acceptors (Lipinski definition) is 3. The number of methoxy groups -OCH3 is 1. The summed E-state index contributed by atoms with van der Waals surface area (Å²) in [5.74, 6) is -0.892. The fraction of sp³-hybridized carbons (Fsp3) is 0.500. The molecule has 0 bridgehead atoms. The summed E-state index contributed by atoms with van der Waals surface area (Å²) in [6.07, 6.45) is 0. The summed E-state index contributed by atoms with van der Waals surface area (Å²) in [6.45, 7) is 7.30. The number of carboxylic acid groups (broad SMARTS) is 1. The second-order valence-electron chi connectivity index (χ2n) is 4.37. The molecule has 0 aliphatic carbocycles. The van der Waals surface area contributed by atoms with Crippen LogP contribution in [0, 0.1) is 6.92 Å². The number of nitrogens with zero attached hydrogens (tertiary/aromatic N) is 1. The molecule has 0 saturated heterocycles. The fourth-order valence-corrected chi connectivity index (χ4v) is 2.23. The van der Waals surface area contributed by atoms with E-state index in [1.165, 1.54) is 0 Å². The van der Waals surface area contributed by atoms with Crippen molar-refractivity contribution in [3.05, 3.63) is 29.3 Å². The summed E-state index contributed by atoms with van der Waals surface area (Å²) >= 11 is 0. The number of aryl methyl sites for hydroxylation is 1. The molecule has 0 fully saturated rings. The molecule has 18 heavy (non-hydrogen) atoms. The van der Waals surface area contributed by atoms with Crippen LogP contribution in [0.25, 0.3) is 0 Å². The van der Waals surface area contributed by atoms with Crippen LogP contribution in [0.15, 0.2) is 18.2 Å². The van der Waals surface area contributed by atoms with Gasteiger partial charge in [-0.15, -0.1) is 0 Å². The van der Waals surface area contributed by atoms with E-state index in [-0.39, 0.29) is 6.04 Å². The van der Waals surface area contributed by atoms with E-state index in [9.17, 15) is 9.90 Å². The largest absolute Gasteiger partial charge is 0.478 e. The molecule has 0 aromatic heterocycles. The van der Waals surface area contributed by atoms with Crippen molar-refractivity contribution < 1.29 is 14.6 Å². The minimum absolute atomic E-state index is 0.138. The number of anilines is 1. The number of rotatable bonds is 6. The lowest BCUT2D eigenvalue weighted by Crippen LogP contribution is -2.37. The Morgan fingerprint density at radius 2 is 2.17 bits per heavy atom. The molecule has 1 rings (SSSR count). The molecule has 0 saturated carbocycles. The minimum Gasteiger partial charge on any atom is -0.478 e. The SMILES string of the molecule is CCN(c1c(C)cccc1C(=O)O)C(C)COC. The maximum Gasteiger partial charge on any atom is 0.337 e. The van der Waals surface area contributed by atoms with Crippen LogP contribution in [0.3, 0.4) is 0 Å². The van der Waals surface area contributed by atoms with E-state index < -0.39 is 5.97 Å². The van der Waals surface area contributed by atoms with Gasteiger partial charge in [-0.2, -0.15) is 0 Å². The normalized spacial score (nSPS) is 12.2. The number of ether oxygens (including phenoxy) is 1. The smallest absolute Gasteiger partial charge is 0.337 e. The van der Waals surface area contributed by atoms with Gasteiger partial charge in [0.1, 0.15) is 0 Å². The van der Waals surface area contributed by atoms with E-state index in [1.54, 1.807) is 19.2 Å². The molecular formula is C14H21NO3. The highest BCUT2D eigenvalue weighted by atomic mass is 16.5. The highest BCUT2D eigenvalue weighted by molar-refractivity contribution is 5.95. The lowest BCUT2D eigenvalue weighted by molar-refractivity contribution is 0.0697. The third kappa shape index (κ3) is 3.01. The predicted molar refractivity (Wildman–Crippen MR) is 72.5 cm³/mol. The molecular weight excluding hydrogens is 230 g/mol. The number of carboxylic acids is 1. The number of hydrogen-bond donors (Lipinski definition) is 1. The molecule has 4 nitrogen and oxygen atoms in total. The van der Waals surface area contributed by atoms with Crippen molar-refractivity contribution in [3.8, 4) is 0 Å². The molecule has 1 unspecified atom stereocenters. The molecule has 1 atom stereocenters. The van der Waals surface area contributed by atoms with Gasteiger partial charge in [0.2, 0.25) is 0 Å². The van der Waals surface area contributed by atoms with E-state index >= 15 is 0 Å². The van der Waals surface area contributed by atoms with Crippen LogP contribution in [-0.4, -0.2) is 37.4 Å². The molecule has 100 valence electrons. The van der Waals surface area contributed by atoms with Gasteiger partial charge in [0.25, 0.3) is 0 Å². The van der Waals surface area contributed by atoms with Crippen molar-refractivity contribution >= 4 is 11.7 Å². The Morgan fingerprint density at radius 3 is 2.67 bits per heavy atom. The zero-order chi connectivity index (χ0) is 13.7. The number of likely N-dealkylation sites (N-methyl/N-ethyl adjacent to an activating group) is 1. The van der Waals surface area contributed by atoms with Crippen molar-refractivity contribution in [2.75, 3.05) is 25.2 Å². The third-order valence-electron chi connectivity index (χ3n) is 3.04. The Balaban J connectivity index is 3.23. The van der Waals surface area contributed by atoms with Gasteiger partial charge in [-0.25, -0.2) is 4.79 Å². The van der Waals surface area contributed by atoms with Crippen LogP contribution < -0.4 is 4.90 Å². The predicted octanol–water partition coefficient (Wildman–Crippen LogP) is 2.55. The summed E-state index contributed by atoms with van der Waals surface area (Å²) in [6, 6.07) is 5.49. The van der Waals surface area contributed by atoms with Crippen molar-refractivity contribution in [3.63, 3.8) is 0 Å². The van der Waals surface area contributed by atoms with Gasteiger partial charge < -0.3 is 14.7 Å². The molecule has 0 amide bonds. The van der Waals surface area contributed by atoms with Crippen molar-refractivity contribution in [1.29, 1.82) is 0 Å². The summed E-state index contributed by atoms with van der Waals surface area (Å²) < 4.78 is 5.16. The Morgan fingerprint density at radius 1 is 1.50 bits per heavy atom. The molecule has 1 aromatic carbocycles. The summed E-state index contributed by atoms with van der Waals surface area (Å²) in [4.78, 5) is 13.4. The zero-order valence-electron chi connectivity index (χ0n) is 11.4. The Kier molecular flexibility index (Phi) is 5.16. The van der Waals surface area contributed by atoms with Crippen LogP contribution in [0.2, 0.25) is 0 Å². The second kappa shape index (κ2) is 6.40. The average molecular weight is 251 g/mol. The highest BCUT2D eigenvalue weighted by Crippen LogP contribution is 2.27. The summed E-state index contributed by atoms with van der Waals surface area (Å²) in [5.41, 5.74) is 2.11. The molecule has 0 heterocycles. The zero-order valence-corrected chi connectivity index (χ0v) is 11.4. The number of aromatic carboxylic acids is 1. The first-order valence-electron chi connectivity index (χ1n) is 6.11. The monoisotopic (exact) mass is 251 g/mol. The second-order valence-corrected chi connectivity index (χ2v) is 4.37. The van der Waals surface area contributed by atoms with E-state index in [4.69, 9.17) is 4.74 Å². The lowest BCUT2D eigenvalue weighted by Gasteiger charge is -2.32. The van der Waals surface area contributed by atoms with Gasteiger partial charge in [0.15, 0.2) is 0 Å². The molecule has 1 N–H and O–H groups in total. The van der Waals surface area contributed by atoms with Crippen LogP contribution in [-0.2, 0) is 4.74 Å². The average Bonchev–Trinajstić information content (AvgIpc) is 2.32. The van der Waals surface area contributed by atoms with Gasteiger partial charge in [-0.05, 0) is 32.4 Å². The standard InChI is InChI=1S/C14H21NO3/c1-5-15(11(3)9-18-4)13-10(2)7-6-8-12(13)14(16)17/h6-8,11H,5,9H2,1-4H3,(H,16,17). The Bertz CT molecular complexity index is 418. The van der Waals surface area contributed by atoms with Gasteiger partial charge in [-0.1, -0.05) is 12.1 Å². The molecule has 4 heteroatoms. The molecule has 0 spiro atoms. The van der Waals surface area contributed by atoms with Crippen LogP contribution >= 0.6 is 0 Å².